The van der Waals surface area contributed by atoms with E-state index in [0.717, 1.165) is 29.0 Å². The first kappa shape index (κ1) is 20.1. The van der Waals surface area contributed by atoms with Crippen molar-refractivity contribution in [3.05, 3.63) is 77.9 Å². The van der Waals surface area contributed by atoms with E-state index in [9.17, 15) is 21.6 Å². The third-order valence-electron chi connectivity index (χ3n) is 5.20. The number of nitrogens with one attached hydrogen (secondary N) is 1. The van der Waals surface area contributed by atoms with Gasteiger partial charge in [-0.25, -0.2) is 13.1 Å². The molecule has 1 aliphatic rings. The lowest BCUT2D eigenvalue weighted by atomic mass is 10.1. The number of hydrogen-bond donors (Lipinski definition) is 1. The van der Waals surface area contributed by atoms with Crippen molar-refractivity contribution in [2.75, 3.05) is 0 Å². The molecule has 0 bridgehead atoms. The maximum Gasteiger partial charge on any atom is 0.416 e. The van der Waals surface area contributed by atoms with Gasteiger partial charge in [0.1, 0.15) is 4.21 Å². The molecule has 1 aliphatic carbocycles. The van der Waals surface area contributed by atoms with Gasteiger partial charge in [0.05, 0.1) is 5.56 Å². The number of hydrogen-bond acceptors (Lipinski definition) is 3. The van der Waals surface area contributed by atoms with E-state index in [4.69, 9.17) is 0 Å². The number of thiophene rings is 1. The lowest BCUT2D eigenvalue weighted by Crippen LogP contribution is -2.27. The minimum Gasteiger partial charge on any atom is -0.206 e. The highest BCUT2D eigenvalue weighted by Gasteiger charge is 2.49. The largest absolute Gasteiger partial charge is 0.416 e. The minimum absolute atomic E-state index is 0.139. The van der Waals surface area contributed by atoms with E-state index < -0.39 is 21.8 Å². The predicted octanol–water partition coefficient (Wildman–Crippen LogP) is 5.51. The summed E-state index contributed by atoms with van der Waals surface area (Å²) in [4.78, 5) is 0.600. The zero-order valence-corrected chi connectivity index (χ0v) is 17.0. The highest BCUT2D eigenvalue weighted by atomic mass is 32.2. The van der Waals surface area contributed by atoms with Crippen LogP contribution in [0.3, 0.4) is 0 Å². The molecule has 3 aromatic rings. The number of halogens is 3. The van der Waals surface area contributed by atoms with Gasteiger partial charge >= 0.3 is 6.18 Å². The SMILES string of the molecule is C[C@H]1[C@H](NS(=O)(=O)c2ccc(-c3ccc(C(F)(F)F)cc3)s2)[C@H]1c1ccccc1. The van der Waals surface area contributed by atoms with Crippen molar-refractivity contribution in [1.82, 2.24) is 4.72 Å². The molecule has 0 amide bonds. The molecule has 1 fully saturated rings. The fourth-order valence-corrected chi connectivity index (χ4v) is 6.19. The summed E-state index contributed by atoms with van der Waals surface area (Å²) < 4.78 is 66.6. The predicted molar refractivity (Wildman–Crippen MR) is 107 cm³/mol. The Labute approximate surface area is 171 Å². The second-order valence-electron chi connectivity index (χ2n) is 7.14. The van der Waals surface area contributed by atoms with Gasteiger partial charge in [0.15, 0.2) is 0 Å². The normalized spacial score (nSPS) is 21.9. The van der Waals surface area contributed by atoms with Crippen LogP contribution in [0.25, 0.3) is 10.4 Å². The third-order valence-corrected chi connectivity index (χ3v) is 8.28. The molecule has 0 radical (unpaired) electrons. The minimum atomic E-state index is -4.40. The Balaban J connectivity index is 1.50. The molecule has 29 heavy (non-hydrogen) atoms. The molecule has 8 heteroatoms. The zero-order valence-electron chi connectivity index (χ0n) is 15.3. The van der Waals surface area contributed by atoms with E-state index in [1.165, 1.54) is 18.2 Å². The molecular formula is C21H18F3NO2S2. The Morgan fingerprint density at radius 2 is 1.59 bits per heavy atom. The topological polar surface area (TPSA) is 46.2 Å². The van der Waals surface area contributed by atoms with E-state index in [1.807, 2.05) is 37.3 Å². The van der Waals surface area contributed by atoms with Gasteiger partial charge < -0.3 is 0 Å². The third kappa shape index (κ3) is 4.10. The van der Waals surface area contributed by atoms with Crippen molar-refractivity contribution in [1.29, 1.82) is 0 Å². The number of alkyl halides is 3. The molecule has 1 saturated carbocycles. The van der Waals surface area contributed by atoms with Crippen LogP contribution in [0.1, 0.15) is 24.0 Å². The van der Waals surface area contributed by atoms with Gasteiger partial charge in [0.2, 0.25) is 10.0 Å². The van der Waals surface area contributed by atoms with Crippen molar-refractivity contribution >= 4 is 21.4 Å². The molecule has 0 saturated heterocycles. The second-order valence-corrected chi connectivity index (χ2v) is 10.2. The van der Waals surface area contributed by atoms with Gasteiger partial charge in [-0.1, -0.05) is 49.4 Å². The molecule has 0 unspecified atom stereocenters. The molecule has 152 valence electrons. The number of rotatable bonds is 5. The van der Waals surface area contributed by atoms with Gasteiger partial charge in [0.25, 0.3) is 0 Å². The number of sulfonamides is 1. The van der Waals surface area contributed by atoms with Crippen molar-refractivity contribution in [2.45, 2.75) is 29.3 Å². The lowest BCUT2D eigenvalue weighted by Gasteiger charge is -2.07. The molecule has 1 heterocycles. The van der Waals surface area contributed by atoms with Crippen LogP contribution < -0.4 is 4.72 Å². The Kier molecular flexibility index (Phi) is 5.04. The molecule has 4 rings (SSSR count). The summed E-state index contributed by atoms with van der Waals surface area (Å²) in [6, 6.07) is 17.4. The van der Waals surface area contributed by atoms with E-state index >= 15 is 0 Å². The molecule has 0 spiro atoms. The van der Waals surface area contributed by atoms with Crippen LogP contribution in [0.5, 0.6) is 0 Å². The summed E-state index contributed by atoms with van der Waals surface area (Å²) >= 11 is 1.04. The first-order valence-corrected chi connectivity index (χ1v) is 11.3. The molecule has 1 N–H and O–H groups in total. The smallest absolute Gasteiger partial charge is 0.206 e. The second kappa shape index (κ2) is 7.27. The van der Waals surface area contributed by atoms with Crippen LogP contribution in [-0.4, -0.2) is 14.5 Å². The summed E-state index contributed by atoms with van der Waals surface area (Å²) in [6.45, 7) is 2.01. The maximum absolute atomic E-state index is 12.8. The average Bonchev–Trinajstić information content (AvgIpc) is 3.08. The van der Waals surface area contributed by atoms with Crippen LogP contribution in [0, 0.1) is 5.92 Å². The van der Waals surface area contributed by atoms with E-state index in [0.29, 0.717) is 10.4 Å². The van der Waals surface area contributed by atoms with E-state index in [-0.39, 0.29) is 22.1 Å². The first-order chi connectivity index (χ1) is 13.7. The highest BCUT2D eigenvalue weighted by Crippen LogP contribution is 2.48. The molecule has 0 aliphatic heterocycles. The van der Waals surface area contributed by atoms with E-state index in [2.05, 4.69) is 4.72 Å². The number of benzene rings is 2. The van der Waals surface area contributed by atoms with Gasteiger partial charge in [0, 0.05) is 16.8 Å². The molecular weight excluding hydrogens is 419 g/mol. The van der Waals surface area contributed by atoms with Crippen LogP contribution in [0.15, 0.2) is 70.9 Å². The van der Waals surface area contributed by atoms with Gasteiger partial charge in [-0.15, -0.1) is 11.3 Å². The molecule has 1 aromatic heterocycles. The first-order valence-electron chi connectivity index (χ1n) is 9.01. The molecule has 3 atom stereocenters. The monoisotopic (exact) mass is 437 g/mol. The van der Waals surface area contributed by atoms with Crippen LogP contribution in [0.2, 0.25) is 0 Å². The van der Waals surface area contributed by atoms with Crippen molar-refractivity contribution in [3.8, 4) is 10.4 Å². The van der Waals surface area contributed by atoms with Crippen LogP contribution in [0.4, 0.5) is 13.2 Å². The fraction of sp³-hybridized carbons (Fsp3) is 0.238. The van der Waals surface area contributed by atoms with Gasteiger partial charge in [-0.2, -0.15) is 13.2 Å². The summed E-state index contributed by atoms with van der Waals surface area (Å²) in [7, 11) is -3.70. The Bertz CT molecular complexity index is 1110. The summed E-state index contributed by atoms with van der Waals surface area (Å²) in [5.74, 6) is 0.335. The highest BCUT2D eigenvalue weighted by molar-refractivity contribution is 7.91. The van der Waals surface area contributed by atoms with Gasteiger partial charge in [-0.05, 0) is 41.3 Å². The van der Waals surface area contributed by atoms with Crippen molar-refractivity contribution in [3.63, 3.8) is 0 Å². The lowest BCUT2D eigenvalue weighted by molar-refractivity contribution is -0.137. The summed E-state index contributed by atoms with van der Waals surface area (Å²) in [5.41, 5.74) is 0.915. The van der Waals surface area contributed by atoms with Crippen molar-refractivity contribution in [2.24, 2.45) is 5.92 Å². The molecule has 3 nitrogen and oxygen atoms in total. The Hall–Kier alpha value is -2.16. The fourth-order valence-electron chi connectivity index (χ4n) is 3.51. The summed E-state index contributed by atoms with van der Waals surface area (Å²) in [5, 5.41) is 0. The Morgan fingerprint density at radius 1 is 0.931 bits per heavy atom. The molecule has 2 aromatic carbocycles. The zero-order chi connectivity index (χ0) is 20.8. The van der Waals surface area contributed by atoms with Crippen molar-refractivity contribution < 1.29 is 21.6 Å². The quantitative estimate of drug-likeness (QED) is 0.572. The Morgan fingerprint density at radius 3 is 2.21 bits per heavy atom. The van der Waals surface area contributed by atoms with E-state index in [1.54, 1.807) is 6.07 Å². The maximum atomic E-state index is 12.8. The van der Waals surface area contributed by atoms with Gasteiger partial charge in [-0.3, -0.25) is 0 Å². The average molecular weight is 438 g/mol. The standard InChI is InChI=1S/C21H18F3NO2S2/c1-13-19(15-5-3-2-4-6-15)20(13)25-29(26,27)18-12-11-17(28-18)14-7-9-16(10-8-14)21(22,23)24/h2-13,19-20,25H,1H3/t13-,19-,20+/m1/s1. The van der Waals surface area contributed by atoms with Crippen LogP contribution >= 0.6 is 11.3 Å². The van der Waals surface area contributed by atoms with Crippen LogP contribution in [-0.2, 0) is 16.2 Å². The summed E-state index contributed by atoms with van der Waals surface area (Å²) in [6.07, 6.45) is -4.40.